The van der Waals surface area contributed by atoms with E-state index in [1.54, 1.807) is 19.9 Å². The summed E-state index contributed by atoms with van der Waals surface area (Å²) in [5.74, 6) is -1.81. The van der Waals surface area contributed by atoms with E-state index in [9.17, 15) is 19.5 Å². The summed E-state index contributed by atoms with van der Waals surface area (Å²) in [5, 5.41) is 11.3. The second-order valence-corrected chi connectivity index (χ2v) is 9.89. The van der Waals surface area contributed by atoms with Gasteiger partial charge in [-0.2, -0.15) is 0 Å². The molecule has 176 valence electrons. The van der Waals surface area contributed by atoms with Crippen LogP contribution in [0.5, 0.6) is 0 Å². The zero-order valence-electron chi connectivity index (χ0n) is 18.7. The lowest BCUT2D eigenvalue weighted by Gasteiger charge is -2.39. The molecule has 9 nitrogen and oxygen atoms in total. The molecule has 4 heterocycles. The Morgan fingerprint density at radius 3 is 2.69 bits per heavy atom. The van der Waals surface area contributed by atoms with Crippen molar-refractivity contribution in [3.63, 3.8) is 0 Å². The van der Waals surface area contributed by atoms with Gasteiger partial charge in [-0.05, 0) is 45.9 Å². The van der Waals surface area contributed by atoms with Crippen LogP contribution in [-0.2, 0) is 33.3 Å². The van der Waals surface area contributed by atoms with E-state index in [0.717, 1.165) is 0 Å². The summed E-state index contributed by atoms with van der Waals surface area (Å²) < 4.78 is 22.5. The predicted molar refractivity (Wildman–Crippen MR) is 109 cm³/mol. The molecule has 3 saturated heterocycles. The SMILES string of the molecule is CCOC(=O)C1CCN([C@H]2C3=C[C@@H](OC3=O)[C@@H]3C(C)C(=O)O[C@H]3C[C@]3(C)O[C@H]3[C@H]2O)CC1. The zero-order chi connectivity index (χ0) is 22.8. The van der Waals surface area contributed by atoms with Gasteiger partial charge in [0.05, 0.1) is 35.7 Å². The van der Waals surface area contributed by atoms with Gasteiger partial charge in [-0.15, -0.1) is 0 Å². The molecule has 8 atom stereocenters. The fourth-order valence-electron chi connectivity index (χ4n) is 6.05. The summed E-state index contributed by atoms with van der Waals surface area (Å²) in [6.45, 7) is 6.96. The number of hydrogen-bond acceptors (Lipinski definition) is 9. The first-order valence-corrected chi connectivity index (χ1v) is 11.6. The topological polar surface area (TPSA) is 115 Å². The van der Waals surface area contributed by atoms with Gasteiger partial charge in [0.25, 0.3) is 0 Å². The molecule has 4 aliphatic heterocycles. The summed E-state index contributed by atoms with van der Waals surface area (Å²) in [6.07, 6.45) is 0.999. The van der Waals surface area contributed by atoms with E-state index >= 15 is 0 Å². The summed E-state index contributed by atoms with van der Waals surface area (Å²) in [5.41, 5.74) is -0.226. The van der Waals surface area contributed by atoms with Crippen molar-refractivity contribution in [1.29, 1.82) is 0 Å². The standard InChI is InChI=1S/C23H31NO8/c1-4-29-21(27)12-5-7-24(8-6-12)17-13-9-14(30-22(13)28)16-11(2)20(26)31-15(16)10-23(3)19(32-23)18(17)25/h9,11-12,14-19,25H,4-8,10H2,1-3H3/t11?,14-,15+,16+,17+,18+,19+,23+/m1/s1. The molecule has 1 aliphatic carbocycles. The Kier molecular flexibility index (Phi) is 5.34. The van der Waals surface area contributed by atoms with Crippen LogP contribution in [0.3, 0.4) is 0 Å². The maximum atomic E-state index is 13.0. The summed E-state index contributed by atoms with van der Waals surface area (Å²) in [6, 6.07) is -0.590. The predicted octanol–water partition coefficient (Wildman–Crippen LogP) is 0.582. The molecule has 0 spiro atoms. The Labute approximate surface area is 187 Å². The molecule has 3 fully saturated rings. The van der Waals surface area contributed by atoms with Gasteiger partial charge in [-0.1, -0.05) is 6.92 Å². The van der Waals surface area contributed by atoms with Crippen molar-refractivity contribution >= 4 is 17.9 Å². The van der Waals surface area contributed by atoms with E-state index in [1.807, 2.05) is 6.92 Å². The van der Waals surface area contributed by atoms with Gasteiger partial charge < -0.3 is 24.1 Å². The number of fused-ring (bicyclic) bond motifs is 4. The first kappa shape index (κ1) is 21.9. The molecular formula is C23H31NO8. The highest BCUT2D eigenvalue weighted by molar-refractivity contribution is 5.92. The monoisotopic (exact) mass is 449 g/mol. The van der Waals surface area contributed by atoms with E-state index in [-0.39, 0.29) is 23.8 Å². The van der Waals surface area contributed by atoms with Gasteiger partial charge >= 0.3 is 17.9 Å². The number of aliphatic hydroxyl groups excluding tert-OH is 1. The number of carbonyl (C=O) groups is 3. The maximum Gasteiger partial charge on any atom is 0.336 e. The smallest absolute Gasteiger partial charge is 0.336 e. The van der Waals surface area contributed by atoms with Crippen molar-refractivity contribution in [3.8, 4) is 0 Å². The maximum absolute atomic E-state index is 13.0. The van der Waals surface area contributed by atoms with E-state index in [2.05, 4.69) is 4.90 Å². The van der Waals surface area contributed by atoms with Crippen LogP contribution in [0.2, 0.25) is 0 Å². The van der Waals surface area contributed by atoms with E-state index < -0.39 is 47.9 Å². The first-order valence-electron chi connectivity index (χ1n) is 11.6. The molecule has 0 radical (unpaired) electrons. The van der Waals surface area contributed by atoms with Crippen LogP contribution < -0.4 is 0 Å². The molecule has 0 amide bonds. The fourth-order valence-corrected chi connectivity index (χ4v) is 6.05. The normalized spacial score (nSPS) is 44.1. The number of esters is 3. The molecule has 1 unspecified atom stereocenters. The van der Waals surface area contributed by atoms with Gasteiger partial charge in [0.1, 0.15) is 24.4 Å². The minimum atomic E-state index is -0.942. The number of nitrogens with zero attached hydrogens (tertiary/aromatic N) is 1. The van der Waals surface area contributed by atoms with Crippen LogP contribution in [0.25, 0.3) is 0 Å². The van der Waals surface area contributed by atoms with Crippen LogP contribution in [0.1, 0.15) is 40.0 Å². The minimum absolute atomic E-state index is 0.175. The molecular weight excluding hydrogens is 418 g/mol. The molecule has 0 aromatic heterocycles. The average molecular weight is 450 g/mol. The number of aliphatic hydroxyl groups is 1. The van der Waals surface area contributed by atoms with Crippen molar-refractivity contribution in [3.05, 3.63) is 11.6 Å². The summed E-state index contributed by atoms with van der Waals surface area (Å²) in [7, 11) is 0. The number of rotatable bonds is 3. The number of epoxide rings is 1. The van der Waals surface area contributed by atoms with Crippen molar-refractivity contribution in [1.82, 2.24) is 4.90 Å². The van der Waals surface area contributed by atoms with Crippen molar-refractivity contribution in [2.75, 3.05) is 19.7 Å². The number of carbonyl (C=O) groups excluding carboxylic acids is 3. The highest BCUT2D eigenvalue weighted by atomic mass is 16.6. The number of ether oxygens (including phenoxy) is 4. The fraction of sp³-hybridized carbons (Fsp3) is 0.783. The molecule has 1 N–H and O–H groups in total. The van der Waals surface area contributed by atoms with Gasteiger partial charge in [-0.25, -0.2) is 4.79 Å². The molecule has 5 rings (SSSR count). The summed E-state index contributed by atoms with van der Waals surface area (Å²) in [4.78, 5) is 39.4. The molecule has 0 aromatic rings. The second-order valence-electron chi connectivity index (χ2n) is 9.89. The van der Waals surface area contributed by atoms with Gasteiger partial charge in [-0.3, -0.25) is 14.5 Å². The Morgan fingerprint density at radius 1 is 1.28 bits per heavy atom. The highest BCUT2D eigenvalue weighted by Crippen LogP contribution is 2.50. The summed E-state index contributed by atoms with van der Waals surface area (Å²) >= 11 is 0. The second kappa shape index (κ2) is 7.81. The highest BCUT2D eigenvalue weighted by Gasteiger charge is 2.64. The Morgan fingerprint density at radius 2 is 2.00 bits per heavy atom. The third-order valence-electron chi connectivity index (χ3n) is 7.89. The third kappa shape index (κ3) is 3.45. The van der Waals surface area contributed by atoms with Crippen molar-refractivity contribution in [2.24, 2.45) is 17.8 Å². The number of piperidine rings is 1. The van der Waals surface area contributed by atoms with Crippen LogP contribution >= 0.6 is 0 Å². The van der Waals surface area contributed by atoms with Gasteiger partial charge in [0.2, 0.25) is 0 Å². The molecule has 32 heavy (non-hydrogen) atoms. The number of hydrogen-bond donors (Lipinski definition) is 1. The van der Waals surface area contributed by atoms with Crippen LogP contribution in [0.4, 0.5) is 0 Å². The third-order valence-corrected chi connectivity index (χ3v) is 7.89. The van der Waals surface area contributed by atoms with E-state index in [0.29, 0.717) is 44.5 Å². The van der Waals surface area contributed by atoms with Crippen LogP contribution in [0, 0.1) is 17.8 Å². The molecule has 0 saturated carbocycles. The Balaban J connectivity index is 1.43. The van der Waals surface area contributed by atoms with E-state index in [4.69, 9.17) is 18.9 Å². The number of likely N-dealkylation sites (tertiary alicyclic amines) is 1. The lowest BCUT2D eigenvalue weighted by Crippen LogP contribution is -2.52. The molecule has 2 bridgehead atoms. The van der Waals surface area contributed by atoms with Crippen LogP contribution in [0.15, 0.2) is 11.6 Å². The largest absolute Gasteiger partial charge is 0.466 e. The van der Waals surface area contributed by atoms with Crippen molar-refractivity contribution < 1.29 is 38.4 Å². The van der Waals surface area contributed by atoms with Crippen molar-refractivity contribution in [2.45, 2.75) is 76.1 Å². The van der Waals surface area contributed by atoms with Crippen LogP contribution in [-0.4, -0.2) is 83.7 Å². The lowest BCUT2D eigenvalue weighted by atomic mass is 9.79. The molecule has 0 aromatic carbocycles. The first-order chi connectivity index (χ1) is 15.2. The van der Waals surface area contributed by atoms with E-state index in [1.165, 1.54) is 0 Å². The quantitative estimate of drug-likeness (QED) is 0.375. The Hall–Kier alpha value is -1.97. The average Bonchev–Trinajstić information content (AvgIpc) is 3.16. The van der Waals surface area contributed by atoms with Gasteiger partial charge in [0.15, 0.2) is 0 Å². The Bertz CT molecular complexity index is 849. The lowest BCUT2D eigenvalue weighted by molar-refractivity contribution is -0.150. The van der Waals surface area contributed by atoms with Gasteiger partial charge in [0, 0.05) is 12.3 Å². The molecule has 5 aliphatic rings. The minimum Gasteiger partial charge on any atom is -0.466 e. The zero-order valence-corrected chi connectivity index (χ0v) is 18.7. The molecule has 9 heteroatoms.